The summed E-state index contributed by atoms with van der Waals surface area (Å²) >= 11 is 0. The molecule has 1 aromatic heterocycles. The van der Waals surface area contributed by atoms with Crippen LogP contribution in [-0.2, 0) is 0 Å². The van der Waals surface area contributed by atoms with Crippen molar-refractivity contribution in [3.63, 3.8) is 0 Å². The fraction of sp³-hybridized carbons (Fsp3) is 0.300. The molecule has 0 bridgehead atoms. The first-order valence-electron chi connectivity index (χ1n) is 8.63. The van der Waals surface area contributed by atoms with Crippen molar-refractivity contribution >= 4 is 10.9 Å². The van der Waals surface area contributed by atoms with Gasteiger partial charge >= 0.3 is 0 Å². The highest BCUT2D eigenvalue weighted by Crippen LogP contribution is 2.27. The minimum atomic E-state index is -0.630. The number of aliphatic hydroxyl groups is 1. The van der Waals surface area contributed by atoms with Crippen molar-refractivity contribution in [2.45, 2.75) is 13.0 Å². The highest BCUT2D eigenvalue weighted by atomic mass is 16.5. The summed E-state index contributed by atoms with van der Waals surface area (Å²) in [5.74, 6) is 1.34. The van der Waals surface area contributed by atoms with Crippen molar-refractivity contribution in [3.8, 4) is 17.2 Å². The molecule has 0 aliphatic rings. The molecule has 0 spiro atoms. The summed E-state index contributed by atoms with van der Waals surface area (Å²) in [6, 6.07) is 12.8. The molecule has 2 aromatic carbocycles. The van der Waals surface area contributed by atoms with Crippen LogP contribution in [0.3, 0.4) is 0 Å². The van der Waals surface area contributed by atoms with Gasteiger partial charge in [0, 0.05) is 30.2 Å². The Hall–Kier alpha value is -2.70. The summed E-state index contributed by atoms with van der Waals surface area (Å²) in [7, 11) is 0. The standard InChI is InChI=1S/C20H24N2O4/c1-14-10-17-16(6-7-22-17)20(11-14)26-13-15(23)12-21-8-9-25-19-5-3-2-4-18(19)24/h2-7,10-11,15,21-24H,8-9,12-13H2,1H3. The zero-order valence-electron chi connectivity index (χ0n) is 14.7. The molecule has 138 valence electrons. The maximum absolute atomic E-state index is 10.1. The minimum Gasteiger partial charge on any atom is -0.504 e. The van der Waals surface area contributed by atoms with Crippen molar-refractivity contribution in [3.05, 3.63) is 54.2 Å². The Morgan fingerprint density at radius 3 is 2.81 bits per heavy atom. The maximum atomic E-state index is 10.1. The molecule has 1 atom stereocenters. The van der Waals surface area contributed by atoms with Gasteiger partial charge in [-0.1, -0.05) is 12.1 Å². The first-order valence-corrected chi connectivity index (χ1v) is 8.63. The van der Waals surface area contributed by atoms with E-state index < -0.39 is 6.10 Å². The highest BCUT2D eigenvalue weighted by Gasteiger charge is 2.09. The van der Waals surface area contributed by atoms with Crippen molar-refractivity contribution in [1.29, 1.82) is 0 Å². The number of rotatable bonds is 9. The van der Waals surface area contributed by atoms with Crippen molar-refractivity contribution in [2.75, 3.05) is 26.3 Å². The molecule has 0 aliphatic carbocycles. The number of hydrogen-bond acceptors (Lipinski definition) is 5. The SMILES string of the molecule is Cc1cc(OCC(O)CNCCOc2ccccc2O)c2cc[nH]c2c1. The normalized spacial score (nSPS) is 12.2. The Morgan fingerprint density at radius 1 is 1.12 bits per heavy atom. The first-order chi connectivity index (χ1) is 12.6. The van der Waals surface area contributed by atoms with Crippen molar-refractivity contribution in [2.24, 2.45) is 0 Å². The summed E-state index contributed by atoms with van der Waals surface area (Å²) in [6.45, 7) is 3.56. The van der Waals surface area contributed by atoms with E-state index in [4.69, 9.17) is 9.47 Å². The second kappa shape index (κ2) is 8.60. The number of aliphatic hydroxyl groups excluding tert-OH is 1. The van der Waals surface area contributed by atoms with Crippen LogP contribution in [0.25, 0.3) is 10.9 Å². The number of para-hydroxylation sites is 2. The molecule has 0 amide bonds. The fourth-order valence-electron chi connectivity index (χ4n) is 2.72. The number of H-pyrrole nitrogens is 1. The van der Waals surface area contributed by atoms with E-state index in [9.17, 15) is 10.2 Å². The zero-order chi connectivity index (χ0) is 18.4. The molecule has 0 saturated heterocycles. The largest absolute Gasteiger partial charge is 0.504 e. The number of aromatic nitrogens is 1. The number of ether oxygens (including phenoxy) is 2. The Morgan fingerprint density at radius 2 is 1.96 bits per heavy atom. The van der Waals surface area contributed by atoms with E-state index in [2.05, 4.69) is 16.4 Å². The lowest BCUT2D eigenvalue weighted by Crippen LogP contribution is -2.33. The van der Waals surface area contributed by atoms with Crippen LogP contribution in [0.1, 0.15) is 5.56 Å². The molecule has 0 saturated carbocycles. The number of phenols is 1. The Labute approximate surface area is 152 Å². The quantitative estimate of drug-likeness (QED) is 0.443. The van der Waals surface area contributed by atoms with Crippen LogP contribution in [0.2, 0.25) is 0 Å². The summed E-state index contributed by atoms with van der Waals surface area (Å²) in [5, 5.41) is 23.8. The van der Waals surface area contributed by atoms with Gasteiger partial charge in [0.1, 0.15) is 25.1 Å². The molecule has 6 heteroatoms. The van der Waals surface area contributed by atoms with E-state index in [0.717, 1.165) is 22.2 Å². The number of aromatic amines is 1. The molecule has 3 aromatic rings. The third-order valence-corrected chi connectivity index (χ3v) is 3.99. The monoisotopic (exact) mass is 356 g/mol. The van der Waals surface area contributed by atoms with E-state index in [0.29, 0.717) is 25.4 Å². The number of aryl methyl sites for hydroxylation is 1. The topological polar surface area (TPSA) is 86.7 Å². The lowest BCUT2D eigenvalue weighted by Gasteiger charge is -2.15. The number of hydrogen-bond donors (Lipinski definition) is 4. The van der Waals surface area contributed by atoms with Crippen molar-refractivity contribution in [1.82, 2.24) is 10.3 Å². The molecule has 26 heavy (non-hydrogen) atoms. The molecule has 0 aliphatic heterocycles. The molecule has 3 rings (SSSR count). The molecule has 4 N–H and O–H groups in total. The van der Waals surface area contributed by atoms with Gasteiger partial charge in [0.15, 0.2) is 11.5 Å². The predicted molar refractivity (Wildman–Crippen MR) is 101 cm³/mol. The molecule has 1 heterocycles. The van der Waals surface area contributed by atoms with Gasteiger partial charge in [0.05, 0.1) is 0 Å². The van der Waals surface area contributed by atoms with Gasteiger partial charge in [-0.25, -0.2) is 0 Å². The zero-order valence-corrected chi connectivity index (χ0v) is 14.7. The van der Waals surface area contributed by atoms with Gasteiger partial charge in [0.25, 0.3) is 0 Å². The number of benzene rings is 2. The molecule has 0 fully saturated rings. The minimum absolute atomic E-state index is 0.121. The van der Waals surface area contributed by atoms with Crippen LogP contribution in [0, 0.1) is 6.92 Å². The van der Waals surface area contributed by atoms with Crippen LogP contribution >= 0.6 is 0 Å². The molecule has 0 radical (unpaired) electrons. The van der Waals surface area contributed by atoms with Gasteiger partial charge in [-0.15, -0.1) is 0 Å². The van der Waals surface area contributed by atoms with Crippen LogP contribution < -0.4 is 14.8 Å². The van der Waals surface area contributed by atoms with E-state index in [1.165, 1.54) is 0 Å². The molecular weight excluding hydrogens is 332 g/mol. The van der Waals surface area contributed by atoms with E-state index >= 15 is 0 Å². The van der Waals surface area contributed by atoms with Gasteiger partial charge < -0.3 is 30.0 Å². The Balaban J connectivity index is 1.38. The van der Waals surface area contributed by atoms with Crippen LogP contribution in [0.15, 0.2) is 48.7 Å². The second-order valence-corrected chi connectivity index (χ2v) is 6.19. The van der Waals surface area contributed by atoms with Gasteiger partial charge in [-0.05, 0) is 42.8 Å². The van der Waals surface area contributed by atoms with Crippen LogP contribution in [0.5, 0.6) is 17.2 Å². The van der Waals surface area contributed by atoms with Gasteiger partial charge in [-0.3, -0.25) is 0 Å². The predicted octanol–water partition coefficient (Wildman–Crippen LogP) is 2.59. The molecular formula is C20H24N2O4. The van der Waals surface area contributed by atoms with E-state index in [1.54, 1.807) is 24.3 Å². The van der Waals surface area contributed by atoms with E-state index in [-0.39, 0.29) is 12.4 Å². The number of aromatic hydroxyl groups is 1. The average molecular weight is 356 g/mol. The average Bonchev–Trinajstić information content (AvgIpc) is 3.09. The number of phenolic OH excluding ortho intramolecular Hbond substituents is 1. The third kappa shape index (κ3) is 4.68. The summed E-state index contributed by atoms with van der Waals surface area (Å²) in [6.07, 6.45) is 1.24. The Kier molecular flexibility index (Phi) is 5.99. The number of nitrogens with one attached hydrogen (secondary N) is 2. The summed E-state index contributed by atoms with van der Waals surface area (Å²) in [4.78, 5) is 3.17. The third-order valence-electron chi connectivity index (χ3n) is 3.99. The lowest BCUT2D eigenvalue weighted by molar-refractivity contribution is 0.106. The van der Waals surface area contributed by atoms with Crippen LogP contribution in [0.4, 0.5) is 0 Å². The smallest absolute Gasteiger partial charge is 0.160 e. The molecule has 1 unspecified atom stereocenters. The fourth-order valence-corrected chi connectivity index (χ4v) is 2.72. The lowest BCUT2D eigenvalue weighted by atomic mass is 10.1. The Bertz CT molecular complexity index is 847. The molecule has 6 nitrogen and oxygen atoms in total. The van der Waals surface area contributed by atoms with Gasteiger partial charge in [0.2, 0.25) is 0 Å². The summed E-state index contributed by atoms with van der Waals surface area (Å²) < 4.78 is 11.3. The maximum Gasteiger partial charge on any atom is 0.160 e. The van der Waals surface area contributed by atoms with Crippen LogP contribution in [-0.4, -0.2) is 47.6 Å². The number of fused-ring (bicyclic) bond motifs is 1. The summed E-state index contributed by atoms with van der Waals surface area (Å²) in [5.41, 5.74) is 2.12. The second-order valence-electron chi connectivity index (χ2n) is 6.19. The highest BCUT2D eigenvalue weighted by molar-refractivity contribution is 5.86. The first kappa shape index (κ1) is 18.1. The van der Waals surface area contributed by atoms with Gasteiger partial charge in [-0.2, -0.15) is 0 Å². The van der Waals surface area contributed by atoms with E-state index in [1.807, 2.05) is 25.3 Å². The van der Waals surface area contributed by atoms with Crippen molar-refractivity contribution < 1.29 is 19.7 Å².